The first kappa shape index (κ1) is 23.7. The molecule has 1 aliphatic carbocycles. The number of carbonyl (C=O) groups excluding carboxylic acids is 1. The highest BCUT2D eigenvalue weighted by atomic mass is 19.3. The van der Waals surface area contributed by atoms with Crippen LogP contribution in [0.3, 0.4) is 0 Å². The Morgan fingerprint density at radius 1 is 0.941 bits per heavy atom. The van der Waals surface area contributed by atoms with Gasteiger partial charge in [-0.25, -0.2) is 4.79 Å². The summed E-state index contributed by atoms with van der Waals surface area (Å²) in [6.07, 6.45) is -3.15. The van der Waals surface area contributed by atoms with Crippen molar-refractivity contribution in [1.29, 1.82) is 0 Å². The first-order valence-corrected chi connectivity index (χ1v) is 10.9. The molecule has 2 atom stereocenters. The quantitative estimate of drug-likeness (QED) is 0.426. The molecule has 8 heteroatoms. The molecule has 3 aromatic rings. The van der Waals surface area contributed by atoms with Crippen molar-refractivity contribution in [1.82, 2.24) is 5.32 Å². The van der Waals surface area contributed by atoms with Gasteiger partial charge in [-0.1, -0.05) is 60.7 Å². The number of fused-ring (bicyclic) bond motifs is 3. The third-order valence-electron chi connectivity index (χ3n) is 5.84. The smallest absolute Gasteiger partial charge is 0.407 e. The number of alkyl halides is 2. The highest BCUT2D eigenvalue weighted by molar-refractivity contribution is 5.79. The van der Waals surface area contributed by atoms with Crippen LogP contribution in [0, 0.1) is 0 Å². The minimum absolute atomic E-state index is 0.0330. The van der Waals surface area contributed by atoms with E-state index in [1.807, 2.05) is 36.4 Å². The Labute approximate surface area is 195 Å². The van der Waals surface area contributed by atoms with E-state index in [1.165, 1.54) is 24.3 Å². The molecule has 0 bridgehead atoms. The molecule has 178 valence electrons. The Morgan fingerprint density at radius 3 is 2.24 bits per heavy atom. The molecule has 34 heavy (non-hydrogen) atoms. The summed E-state index contributed by atoms with van der Waals surface area (Å²) in [7, 11) is 0. The number of alkyl carbamates (subject to hydrolysis) is 1. The Balaban J connectivity index is 1.27. The maximum absolute atomic E-state index is 12.4. The number of aliphatic hydroxyl groups is 2. The molecule has 4 rings (SSSR count). The van der Waals surface area contributed by atoms with E-state index in [1.54, 1.807) is 0 Å². The van der Waals surface area contributed by atoms with Crippen molar-refractivity contribution >= 4 is 6.09 Å². The van der Waals surface area contributed by atoms with Crippen molar-refractivity contribution in [2.45, 2.75) is 31.2 Å². The molecule has 6 nitrogen and oxygen atoms in total. The van der Waals surface area contributed by atoms with Gasteiger partial charge in [0.15, 0.2) is 0 Å². The van der Waals surface area contributed by atoms with E-state index in [-0.39, 0.29) is 36.8 Å². The Kier molecular flexibility index (Phi) is 7.40. The Bertz CT molecular complexity index is 1090. The topological polar surface area (TPSA) is 88.0 Å². The minimum Gasteiger partial charge on any atom is -0.449 e. The molecule has 0 spiro atoms. The van der Waals surface area contributed by atoms with Gasteiger partial charge >= 0.3 is 12.7 Å². The number of amides is 1. The van der Waals surface area contributed by atoms with Crippen LogP contribution in [-0.2, 0) is 4.74 Å². The average molecular weight is 469 g/mol. The first-order chi connectivity index (χ1) is 16.4. The number of benzene rings is 3. The molecular weight excluding hydrogens is 444 g/mol. The molecule has 3 N–H and O–H groups in total. The number of nitrogens with one attached hydrogen (secondary N) is 1. The monoisotopic (exact) mass is 469 g/mol. The maximum Gasteiger partial charge on any atom is 0.407 e. The van der Waals surface area contributed by atoms with Crippen LogP contribution in [0.4, 0.5) is 13.6 Å². The highest BCUT2D eigenvalue weighted by Gasteiger charge is 2.29. The van der Waals surface area contributed by atoms with E-state index in [2.05, 4.69) is 22.2 Å². The number of carbonyl (C=O) groups is 1. The van der Waals surface area contributed by atoms with Gasteiger partial charge in [-0.3, -0.25) is 0 Å². The fourth-order valence-corrected chi connectivity index (χ4v) is 4.23. The first-order valence-electron chi connectivity index (χ1n) is 10.9. The summed E-state index contributed by atoms with van der Waals surface area (Å²) in [6.45, 7) is -2.76. The second-order valence-corrected chi connectivity index (χ2v) is 8.00. The molecule has 0 aliphatic heterocycles. The largest absolute Gasteiger partial charge is 0.449 e. The summed E-state index contributed by atoms with van der Waals surface area (Å²) >= 11 is 0. The second-order valence-electron chi connectivity index (χ2n) is 8.00. The van der Waals surface area contributed by atoms with Crippen molar-refractivity contribution in [3.63, 3.8) is 0 Å². The summed E-state index contributed by atoms with van der Waals surface area (Å²) < 4.78 is 34.5. The number of hydrogen-bond donors (Lipinski definition) is 3. The van der Waals surface area contributed by atoms with Gasteiger partial charge in [-0.2, -0.15) is 8.78 Å². The number of halogens is 2. The van der Waals surface area contributed by atoms with Crippen LogP contribution < -0.4 is 10.1 Å². The standard InChI is InChI=1S/C26H25F2NO5/c27-25(28)34-17-7-5-6-16(14-17)24(31)23(30)12-13-29-26(32)33-15-22-20-10-3-1-8-18(20)19-9-2-4-11-21(19)22/h1-11,14,22-25,30-31H,12-13,15H2,(H,29,32). The van der Waals surface area contributed by atoms with E-state index in [0.29, 0.717) is 0 Å². The lowest BCUT2D eigenvalue weighted by Gasteiger charge is -2.19. The Morgan fingerprint density at radius 2 is 1.59 bits per heavy atom. The van der Waals surface area contributed by atoms with Crippen LogP contribution in [0.2, 0.25) is 0 Å². The van der Waals surface area contributed by atoms with Crippen molar-refractivity contribution in [2.24, 2.45) is 0 Å². The fourth-order valence-electron chi connectivity index (χ4n) is 4.23. The van der Waals surface area contributed by atoms with Gasteiger partial charge in [-0.15, -0.1) is 0 Å². The molecule has 0 heterocycles. The number of ether oxygens (including phenoxy) is 2. The molecule has 0 saturated carbocycles. The molecule has 0 radical (unpaired) electrons. The van der Waals surface area contributed by atoms with Crippen molar-refractivity contribution in [3.05, 3.63) is 89.5 Å². The molecule has 1 aliphatic rings. The number of hydrogen-bond acceptors (Lipinski definition) is 5. The Hall–Kier alpha value is -3.49. The van der Waals surface area contributed by atoms with Gasteiger partial charge in [0.05, 0.1) is 6.10 Å². The van der Waals surface area contributed by atoms with Crippen LogP contribution >= 0.6 is 0 Å². The predicted octanol–water partition coefficient (Wildman–Crippen LogP) is 4.61. The minimum atomic E-state index is -2.99. The zero-order valence-electron chi connectivity index (χ0n) is 18.2. The van der Waals surface area contributed by atoms with Gasteiger partial charge in [-0.05, 0) is 46.4 Å². The zero-order valence-corrected chi connectivity index (χ0v) is 18.2. The van der Waals surface area contributed by atoms with Gasteiger partial charge in [0.1, 0.15) is 18.5 Å². The third-order valence-corrected chi connectivity index (χ3v) is 5.84. The van der Waals surface area contributed by atoms with Gasteiger partial charge < -0.3 is 25.0 Å². The van der Waals surface area contributed by atoms with Gasteiger partial charge in [0.25, 0.3) is 0 Å². The van der Waals surface area contributed by atoms with E-state index < -0.39 is 24.9 Å². The highest BCUT2D eigenvalue weighted by Crippen LogP contribution is 2.44. The summed E-state index contributed by atoms with van der Waals surface area (Å²) in [5.41, 5.74) is 4.70. The van der Waals surface area contributed by atoms with Crippen LogP contribution in [0.5, 0.6) is 5.75 Å². The molecule has 2 unspecified atom stereocenters. The number of rotatable bonds is 9. The van der Waals surface area contributed by atoms with Gasteiger partial charge in [0, 0.05) is 12.5 Å². The fraction of sp³-hybridized carbons (Fsp3) is 0.269. The molecule has 0 aromatic heterocycles. The van der Waals surface area contributed by atoms with Crippen molar-refractivity contribution in [3.8, 4) is 16.9 Å². The molecule has 3 aromatic carbocycles. The molecule has 0 saturated heterocycles. The third kappa shape index (κ3) is 5.35. The SMILES string of the molecule is O=C(NCCC(O)C(O)c1cccc(OC(F)F)c1)OCC1c2ccccc2-c2ccccc21. The lowest BCUT2D eigenvalue weighted by atomic mass is 9.98. The predicted molar refractivity (Wildman–Crippen MR) is 122 cm³/mol. The number of aliphatic hydroxyl groups excluding tert-OH is 2. The summed E-state index contributed by atoms with van der Waals surface area (Å²) in [5.74, 6) is -0.177. The van der Waals surface area contributed by atoms with Crippen LogP contribution in [0.15, 0.2) is 72.8 Å². The molecular formula is C26H25F2NO5. The zero-order chi connectivity index (χ0) is 24.1. The average Bonchev–Trinajstić information content (AvgIpc) is 3.15. The van der Waals surface area contributed by atoms with E-state index >= 15 is 0 Å². The molecule has 1 amide bonds. The van der Waals surface area contributed by atoms with Crippen LogP contribution in [-0.4, -0.2) is 42.2 Å². The van der Waals surface area contributed by atoms with E-state index in [4.69, 9.17) is 4.74 Å². The van der Waals surface area contributed by atoms with Crippen molar-refractivity contribution in [2.75, 3.05) is 13.2 Å². The van der Waals surface area contributed by atoms with Crippen molar-refractivity contribution < 1.29 is 33.3 Å². The van der Waals surface area contributed by atoms with E-state index in [0.717, 1.165) is 22.3 Å². The summed E-state index contributed by atoms with van der Waals surface area (Å²) in [6, 6.07) is 21.5. The molecule has 0 fully saturated rings. The summed E-state index contributed by atoms with van der Waals surface area (Å²) in [5, 5.41) is 23.1. The normalized spacial score (nSPS) is 14.3. The second kappa shape index (κ2) is 10.6. The lowest BCUT2D eigenvalue weighted by molar-refractivity contribution is -0.0501. The van der Waals surface area contributed by atoms with Gasteiger partial charge in [0.2, 0.25) is 0 Å². The maximum atomic E-state index is 12.4. The summed E-state index contributed by atoms with van der Waals surface area (Å²) in [4.78, 5) is 12.2. The van der Waals surface area contributed by atoms with Crippen LogP contribution in [0.1, 0.15) is 35.1 Å². The van der Waals surface area contributed by atoms with E-state index in [9.17, 15) is 23.8 Å². The lowest BCUT2D eigenvalue weighted by Crippen LogP contribution is -2.30. The van der Waals surface area contributed by atoms with Crippen LogP contribution in [0.25, 0.3) is 11.1 Å².